The van der Waals surface area contributed by atoms with Crippen molar-refractivity contribution >= 4 is 5.91 Å². The second kappa shape index (κ2) is 5.57. The van der Waals surface area contributed by atoms with Gasteiger partial charge in [-0.25, -0.2) is 4.39 Å². The molecule has 2 aliphatic rings. The monoisotopic (exact) mass is 313 g/mol. The highest BCUT2D eigenvalue weighted by Crippen LogP contribution is 2.47. The van der Waals surface area contributed by atoms with Crippen LogP contribution in [0.3, 0.4) is 0 Å². The van der Waals surface area contributed by atoms with E-state index in [0.717, 1.165) is 23.3 Å². The van der Waals surface area contributed by atoms with Crippen LogP contribution in [0.5, 0.6) is 11.5 Å². The van der Waals surface area contributed by atoms with E-state index in [4.69, 9.17) is 9.47 Å². The Balaban J connectivity index is 1.33. The van der Waals surface area contributed by atoms with Crippen molar-refractivity contribution in [2.75, 3.05) is 6.79 Å². The van der Waals surface area contributed by atoms with Crippen LogP contribution in [0.1, 0.15) is 23.5 Å². The van der Waals surface area contributed by atoms with Gasteiger partial charge in [-0.05, 0) is 47.7 Å². The fraction of sp³-hybridized carbons (Fsp3) is 0.278. The average Bonchev–Trinajstić information content (AvgIpc) is 3.23. The van der Waals surface area contributed by atoms with E-state index >= 15 is 0 Å². The molecule has 23 heavy (non-hydrogen) atoms. The maximum absolute atomic E-state index is 12.9. The Morgan fingerprint density at radius 3 is 2.74 bits per heavy atom. The molecular weight excluding hydrogens is 297 g/mol. The van der Waals surface area contributed by atoms with E-state index in [2.05, 4.69) is 5.32 Å². The predicted molar refractivity (Wildman–Crippen MR) is 81.7 cm³/mol. The molecule has 2 atom stereocenters. The van der Waals surface area contributed by atoms with Crippen LogP contribution in [0.15, 0.2) is 42.5 Å². The number of carbonyl (C=O) groups excluding carboxylic acids is 1. The molecule has 1 aliphatic heterocycles. The highest BCUT2D eigenvalue weighted by molar-refractivity contribution is 5.82. The van der Waals surface area contributed by atoms with Crippen molar-refractivity contribution in [1.82, 2.24) is 5.32 Å². The summed E-state index contributed by atoms with van der Waals surface area (Å²) in [4.78, 5) is 12.2. The van der Waals surface area contributed by atoms with E-state index in [-0.39, 0.29) is 30.4 Å². The fourth-order valence-corrected chi connectivity index (χ4v) is 2.93. The van der Waals surface area contributed by atoms with Crippen molar-refractivity contribution < 1.29 is 18.7 Å². The standard InChI is InChI=1S/C18H16FNO3/c19-13-4-2-12(3-5-13)14-8-15(14)18(21)20-9-11-1-6-16-17(7-11)23-10-22-16/h1-7,14-15H,8-10H2,(H,20,21). The Labute approximate surface area is 133 Å². The first-order valence-corrected chi connectivity index (χ1v) is 7.62. The van der Waals surface area contributed by atoms with Gasteiger partial charge in [0.15, 0.2) is 11.5 Å². The lowest BCUT2D eigenvalue weighted by molar-refractivity contribution is -0.122. The first-order chi connectivity index (χ1) is 11.2. The van der Waals surface area contributed by atoms with E-state index in [9.17, 15) is 9.18 Å². The zero-order valence-corrected chi connectivity index (χ0v) is 12.4. The van der Waals surface area contributed by atoms with E-state index in [1.165, 1.54) is 12.1 Å². The van der Waals surface area contributed by atoms with E-state index < -0.39 is 0 Å². The zero-order chi connectivity index (χ0) is 15.8. The lowest BCUT2D eigenvalue weighted by Gasteiger charge is -2.06. The van der Waals surface area contributed by atoms with Crippen molar-refractivity contribution in [2.24, 2.45) is 5.92 Å². The van der Waals surface area contributed by atoms with Crippen molar-refractivity contribution in [1.29, 1.82) is 0 Å². The van der Waals surface area contributed by atoms with Gasteiger partial charge in [0.1, 0.15) is 5.82 Å². The molecule has 2 aromatic rings. The largest absolute Gasteiger partial charge is 0.454 e. The van der Waals surface area contributed by atoms with Gasteiger partial charge >= 0.3 is 0 Å². The van der Waals surface area contributed by atoms with Crippen LogP contribution in [0.2, 0.25) is 0 Å². The Bertz CT molecular complexity index is 744. The van der Waals surface area contributed by atoms with Crippen molar-refractivity contribution in [2.45, 2.75) is 18.9 Å². The van der Waals surface area contributed by atoms with Crippen LogP contribution in [0.25, 0.3) is 0 Å². The molecule has 1 amide bonds. The number of benzene rings is 2. The molecule has 118 valence electrons. The lowest BCUT2D eigenvalue weighted by atomic mass is 10.1. The summed E-state index contributed by atoms with van der Waals surface area (Å²) in [6.45, 7) is 0.703. The third kappa shape index (κ3) is 2.86. The molecule has 1 N–H and O–H groups in total. The Hall–Kier alpha value is -2.56. The van der Waals surface area contributed by atoms with Gasteiger partial charge in [0.05, 0.1) is 0 Å². The minimum Gasteiger partial charge on any atom is -0.454 e. The van der Waals surface area contributed by atoms with Gasteiger partial charge < -0.3 is 14.8 Å². The molecule has 2 aromatic carbocycles. The highest BCUT2D eigenvalue weighted by Gasteiger charge is 2.43. The molecule has 4 nitrogen and oxygen atoms in total. The number of ether oxygens (including phenoxy) is 2. The van der Waals surface area contributed by atoms with Gasteiger partial charge in [0.25, 0.3) is 0 Å². The molecule has 1 saturated carbocycles. The molecule has 0 aromatic heterocycles. The van der Waals surface area contributed by atoms with Crippen LogP contribution >= 0.6 is 0 Å². The molecule has 0 bridgehead atoms. The SMILES string of the molecule is O=C(NCc1ccc2c(c1)OCO2)C1CC1c1ccc(F)cc1. The molecule has 0 radical (unpaired) electrons. The fourth-order valence-electron chi connectivity index (χ4n) is 2.93. The summed E-state index contributed by atoms with van der Waals surface area (Å²) in [6, 6.07) is 12.0. The molecule has 4 rings (SSSR count). The molecule has 2 unspecified atom stereocenters. The van der Waals surface area contributed by atoms with E-state index in [1.807, 2.05) is 18.2 Å². The molecule has 1 aliphatic carbocycles. The molecule has 1 fully saturated rings. The number of carbonyl (C=O) groups is 1. The van der Waals surface area contributed by atoms with Crippen molar-refractivity contribution in [3.63, 3.8) is 0 Å². The Morgan fingerprint density at radius 1 is 1.13 bits per heavy atom. The maximum Gasteiger partial charge on any atom is 0.231 e. The quantitative estimate of drug-likeness (QED) is 0.944. The zero-order valence-electron chi connectivity index (χ0n) is 12.4. The number of hydrogen-bond donors (Lipinski definition) is 1. The van der Waals surface area contributed by atoms with Gasteiger partial charge in [-0.3, -0.25) is 4.79 Å². The number of hydrogen-bond acceptors (Lipinski definition) is 3. The highest BCUT2D eigenvalue weighted by atomic mass is 19.1. The second-order valence-corrected chi connectivity index (χ2v) is 5.91. The molecule has 0 spiro atoms. The maximum atomic E-state index is 12.9. The van der Waals surface area contributed by atoms with Crippen LogP contribution < -0.4 is 14.8 Å². The summed E-state index contributed by atoms with van der Waals surface area (Å²) >= 11 is 0. The predicted octanol–water partition coefficient (Wildman–Crippen LogP) is 2.97. The number of halogens is 1. The number of fused-ring (bicyclic) bond motifs is 1. The minimum atomic E-state index is -0.252. The average molecular weight is 313 g/mol. The lowest BCUT2D eigenvalue weighted by Crippen LogP contribution is -2.24. The smallest absolute Gasteiger partial charge is 0.231 e. The van der Waals surface area contributed by atoms with Gasteiger partial charge in [0.2, 0.25) is 12.7 Å². The minimum absolute atomic E-state index is 0.0190. The summed E-state index contributed by atoms with van der Waals surface area (Å²) in [7, 11) is 0. The summed E-state index contributed by atoms with van der Waals surface area (Å²) in [5.41, 5.74) is 2.00. The summed E-state index contributed by atoms with van der Waals surface area (Å²) in [6.07, 6.45) is 0.818. The van der Waals surface area contributed by atoms with Crippen LogP contribution in [-0.4, -0.2) is 12.7 Å². The van der Waals surface area contributed by atoms with Crippen LogP contribution in [0.4, 0.5) is 4.39 Å². The number of nitrogens with one attached hydrogen (secondary N) is 1. The van der Waals surface area contributed by atoms with E-state index in [1.54, 1.807) is 12.1 Å². The molecule has 5 heteroatoms. The van der Waals surface area contributed by atoms with Crippen LogP contribution in [-0.2, 0) is 11.3 Å². The van der Waals surface area contributed by atoms with Crippen molar-refractivity contribution in [3.8, 4) is 11.5 Å². The first kappa shape index (κ1) is 14.1. The van der Waals surface area contributed by atoms with Gasteiger partial charge in [-0.2, -0.15) is 0 Å². The van der Waals surface area contributed by atoms with Gasteiger partial charge in [0, 0.05) is 12.5 Å². The normalized spacial score (nSPS) is 21.1. The second-order valence-electron chi connectivity index (χ2n) is 5.91. The summed E-state index contributed by atoms with van der Waals surface area (Å²) in [5, 5.41) is 2.95. The molecular formula is C18H16FNO3. The molecule has 1 heterocycles. The third-order valence-electron chi connectivity index (χ3n) is 4.33. The van der Waals surface area contributed by atoms with Crippen molar-refractivity contribution in [3.05, 3.63) is 59.4 Å². The van der Waals surface area contributed by atoms with Gasteiger partial charge in [-0.1, -0.05) is 18.2 Å². The number of rotatable bonds is 4. The Kier molecular flexibility index (Phi) is 3.41. The Morgan fingerprint density at radius 2 is 1.91 bits per heavy atom. The van der Waals surface area contributed by atoms with E-state index in [0.29, 0.717) is 12.3 Å². The number of amides is 1. The summed E-state index contributed by atoms with van der Waals surface area (Å²) in [5.74, 6) is 1.42. The third-order valence-corrected chi connectivity index (χ3v) is 4.33. The van der Waals surface area contributed by atoms with Crippen LogP contribution in [0, 0.1) is 11.7 Å². The molecule has 0 saturated heterocycles. The first-order valence-electron chi connectivity index (χ1n) is 7.62. The topological polar surface area (TPSA) is 47.6 Å². The van der Waals surface area contributed by atoms with Gasteiger partial charge in [-0.15, -0.1) is 0 Å². The summed E-state index contributed by atoms with van der Waals surface area (Å²) < 4.78 is 23.5.